The van der Waals surface area contributed by atoms with E-state index in [0.29, 0.717) is 11.1 Å². The molecule has 1 N–H and O–H groups in total. The zero-order valence-corrected chi connectivity index (χ0v) is 13.4. The Kier molecular flexibility index (Phi) is 5.28. The molecule has 0 aliphatic rings. The van der Waals surface area contributed by atoms with E-state index in [1.54, 1.807) is 6.07 Å². The van der Waals surface area contributed by atoms with Gasteiger partial charge < -0.3 is 5.32 Å². The van der Waals surface area contributed by atoms with Crippen LogP contribution in [0.25, 0.3) is 0 Å². The van der Waals surface area contributed by atoms with Gasteiger partial charge >= 0.3 is 0 Å². The highest BCUT2D eigenvalue weighted by molar-refractivity contribution is 7.12. The normalized spacial score (nSPS) is 12.6. The highest BCUT2D eigenvalue weighted by Crippen LogP contribution is 2.29. The first-order valence-electron chi connectivity index (χ1n) is 6.33. The van der Waals surface area contributed by atoms with Crippen molar-refractivity contribution in [2.75, 3.05) is 7.05 Å². The second-order valence-corrected chi connectivity index (χ2v) is 6.48. The average Bonchev–Trinajstić information content (AvgIpc) is 2.86. The maximum Gasteiger partial charge on any atom is 0.0453 e. The van der Waals surface area contributed by atoms with Crippen molar-refractivity contribution in [3.05, 3.63) is 55.7 Å². The smallest absolute Gasteiger partial charge is 0.0453 e. The summed E-state index contributed by atoms with van der Waals surface area (Å²) in [5.41, 5.74) is 1.12. The molecule has 102 valence electrons. The summed E-state index contributed by atoms with van der Waals surface area (Å²) in [5.74, 6) is 0. The summed E-state index contributed by atoms with van der Waals surface area (Å²) in [6.45, 7) is 2.18. The summed E-state index contributed by atoms with van der Waals surface area (Å²) in [4.78, 5) is 2.77. The van der Waals surface area contributed by atoms with Crippen LogP contribution < -0.4 is 5.32 Å². The molecule has 2 aromatic rings. The fraction of sp³-hybridized carbons (Fsp3) is 0.333. The van der Waals surface area contributed by atoms with E-state index < -0.39 is 0 Å². The van der Waals surface area contributed by atoms with Crippen LogP contribution in [0.2, 0.25) is 10.0 Å². The minimum atomic E-state index is 0.295. The Bertz CT molecular complexity index is 551. The van der Waals surface area contributed by atoms with Crippen LogP contribution in [0.5, 0.6) is 0 Å². The second kappa shape index (κ2) is 6.76. The largest absolute Gasteiger partial charge is 0.312 e. The number of hydrogen-bond donors (Lipinski definition) is 1. The zero-order chi connectivity index (χ0) is 13.8. The van der Waals surface area contributed by atoms with Gasteiger partial charge in [0.25, 0.3) is 0 Å². The maximum absolute atomic E-state index is 6.24. The van der Waals surface area contributed by atoms with Gasteiger partial charge in [0.1, 0.15) is 0 Å². The van der Waals surface area contributed by atoms with Crippen LogP contribution in [0.3, 0.4) is 0 Å². The van der Waals surface area contributed by atoms with Crippen molar-refractivity contribution in [3.63, 3.8) is 0 Å². The third-order valence-electron chi connectivity index (χ3n) is 3.16. The number of likely N-dealkylation sites (N-methyl/N-ethyl adjacent to an activating group) is 1. The summed E-state index contributed by atoms with van der Waals surface area (Å²) in [7, 11) is 1.99. The molecule has 1 atom stereocenters. The van der Waals surface area contributed by atoms with E-state index in [1.807, 2.05) is 30.5 Å². The van der Waals surface area contributed by atoms with Crippen LogP contribution in [0, 0.1) is 0 Å². The molecule has 0 bridgehead atoms. The zero-order valence-electron chi connectivity index (χ0n) is 11.0. The minimum Gasteiger partial charge on any atom is -0.312 e. The molecule has 0 amide bonds. The van der Waals surface area contributed by atoms with Gasteiger partial charge in [0.05, 0.1) is 0 Å². The van der Waals surface area contributed by atoms with Gasteiger partial charge in [-0.25, -0.2) is 0 Å². The van der Waals surface area contributed by atoms with Crippen molar-refractivity contribution in [2.24, 2.45) is 0 Å². The van der Waals surface area contributed by atoms with Gasteiger partial charge in [-0.1, -0.05) is 36.2 Å². The summed E-state index contributed by atoms with van der Waals surface area (Å²) in [6.07, 6.45) is 1.96. The van der Waals surface area contributed by atoms with Crippen LogP contribution in [-0.2, 0) is 12.8 Å². The molecule has 1 heterocycles. The maximum atomic E-state index is 6.24. The monoisotopic (exact) mass is 313 g/mol. The van der Waals surface area contributed by atoms with Gasteiger partial charge in [-0.15, -0.1) is 11.3 Å². The van der Waals surface area contributed by atoms with E-state index in [-0.39, 0.29) is 0 Å². The SMILES string of the molecule is CCc1ccc(C(Cc2ccc(Cl)cc2Cl)NC)s1. The Hall–Kier alpha value is -0.540. The number of nitrogens with one attached hydrogen (secondary N) is 1. The van der Waals surface area contributed by atoms with Crippen molar-refractivity contribution in [1.82, 2.24) is 5.32 Å². The molecule has 4 heteroatoms. The third-order valence-corrected chi connectivity index (χ3v) is 5.09. The Morgan fingerprint density at radius 2 is 2.00 bits per heavy atom. The highest BCUT2D eigenvalue weighted by atomic mass is 35.5. The molecule has 0 saturated carbocycles. The van der Waals surface area contributed by atoms with E-state index in [9.17, 15) is 0 Å². The van der Waals surface area contributed by atoms with Gasteiger partial charge in [0, 0.05) is 25.8 Å². The standard InChI is InChI=1S/C15H17Cl2NS/c1-3-12-6-7-15(19-12)14(18-2)8-10-4-5-11(16)9-13(10)17/h4-7,9,14,18H,3,8H2,1-2H3. The predicted octanol–water partition coefficient (Wildman–Crippen LogP) is 5.12. The Morgan fingerprint density at radius 1 is 1.21 bits per heavy atom. The van der Waals surface area contributed by atoms with Crippen LogP contribution in [-0.4, -0.2) is 7.05 Å². The summed E-state index contributed by atoms with van der Waals surface area (Å²) >= 11 is 14.0. The molecule has 0 radical (unpaired) electrons. The van der Waals surface area contributed by atoms with E-state index in [1.165, 1.54) is 9.75 Å². The lowest BCUT2D eigenvalue weighted by molar-refractivity contribution is 0.602. The lowest BCUT2D eigenvalue weighted by Crippen LogP contribution is -2.17. The molecule has 0 spiro atoms. The number of benzene rings is 1. The first-order valence-corrected chi connectivity index (χ1v) is 7.91. The van der Waals surface area contributed by atoms with Gasteiger partial charge in [-0.05, 0) is 49.7 Å². The number of halogens is 2. The molecule has 2 rings (SSSR count). The van der Waals surface area contributed by atoms with Crippen molar-refractivity contribution >= 4 is 34.5 Å². The van der Waals surface area contributed by atoms with E-state index in [4.69, 9.17) is 23.2 Å². The van der Waals surface area contributed by atoms with Gasteiger partial charge in [0.2, 0.25) is 0 Å². The lowest BCUT2D eigenvalue weighted by Gasteiger charge is -2.15. The second-order valence-electron chi connectivity index (χ2n) is 4.44. The number of aryl methyl sites for hydroxylation is 1. The number of hydrogen-bond acceptors (Lipinski definition) is 2. The molecular formula is C15H17Cl2NS. The fourth-order valence-corrected chi connectivity index (χ4v) is 3.57. The Labute approximate surface area is 128 Å². The molecule has 0 saturated heterocycles. The molecule has 1 unspecified atom stereocenters. The van der Waals surface area contributed by atoms with Gasteiger partial charge in [-0.2, -0.15) is 0 Å². The van der Waals surface area contributed by atoms with E-state index in [2.05, 4.69) is 24.4 Å². The van der Waals surface area contributed by atoms with Gasteiger partial charge in [0.15, 0.2) is 0 Å². The van der Waals surface area contributed by atoms with E-state index in [0.717, 1.165) is 23.4 Å². The van der Waals surface area contributed by atoms with Crippen molar-refractivity contribution < 1.29 is 0 Å². The summed E-state index contributed by atoms with van der Waals surface area (Å²) in [6, 6.07) is 10.4. The number of thiophene rings is 1. The fourth-order valence-electron chi connectivity index (χ4n) is 2.02. The first-order chi connectivity index (χ1) is 9.13. The van der Waals surface area contributed by atoms with E-state index >= 15 is 0 Å². The molecule has 0 aliphatic carbocycles. The Morgan fingerprint density at radius 3 is 2.58 bits per heavy atom. The van der Waals surface area contributed by atoms with Crippen LogP contribution >= 0.6 is 34.5 Å². The highest BCUT2D eigenvalue weighted by Gasteiger charge is 2.14. The quantitative estimate of drug-likeness (QED) is 0.807. The molecule has 1 nitrogen and oxygen atoms in total. The first kappa shape index (κ1) is 14.9. The average molecular weight is 314 g/mol. The van der Waals surface area contributed by atoms with Crippen molar-refractivity contribution in [1.29, 1.82) is 0 Å². The van der Waals surface area contributed by atoms with Crippen LogP contribution in [0.15, 0.2) is 30.3 Å². The molecule has 0 aliphatic heterocycles. The van der Waals surface area contributed by atoms with Gasteiger partial charge in [-0.3, -0.25) is 0 Å². The minimum absolute atomic E-state index is 0.295. The van der Waals surface area contributed by atoms with Crippen molar-refractivity contribution in [2.45, 2.75) is 25.8 Å². The topological polar surface area (TPSA) is 12.0 Å². The molecule has 19 heavy (non-hydrogen) atoms. The predicted molar refractivity (Wildman–Crippen MR) is 85.7 cm³/mol. The van der Waals surface area contributed by atoms with Crippen molar-refractivity contribution in [3.8, 4) is 0 Å². The molecule has 0 fully saturated rings. The Balaban J connectivity index is 2.18. The third kappa shape index (κ3) is 3.73. The molecular weight excluding hydrogens is 297 g/mol. The van der Waals surface area contributed by atoms with Crippen LogP contribution in [0.1, 0.15) is 28.3 Å². The summed E-state index contributed by atoms with van der Waals surface area (Å²) < 4.78 is 0. The molecule has 1 aromatic heterocycles. The lowest BCUT2D eigenvalue weighted by atomic mass is 10.0. The number of rotatable bonds is 5. The molecule has 1 aromatic carbocycles. The van der Waals surface area contributed by atoms with Crippen LogP contribution in [0.4, 0.5) is 0 Å². The summed E-state index contributed by atoms with van der Waals surface area (Å²) in [5, 5.41) is 4.78.